The van der Waals surface area contributed by atoms with Crippen molar-refractivity contribution in [2.45, 2.75) is 25.9 Å². The van der Waals surface area contributed by atoms with E-state index in [1.165, 1.54) is 18.2 Å². The van der Waals surface area contributed by atoms with Gasteiger partial charge in [-0.1, -0.05) is 0 Å². The molecule has 0 aliphatic carbocycles. The molecule has 0 aliphatic rings. The van der Waals surface area contributed by atoms with Gasteiger partial charge in [-0.3, -0.25) is 9.63 Å². The Hall–Kier alpha value is -1.78. The summed E-state index contributed by atoms with van der Waals surface area (Å²) in [5, 5.41) is 11.7. The summed E-state index contributed by atoms with van der Waals surface area (Å²) in [5.41, 5.74) is 1.82. The molecule has 2 aromatic carbocycles. The highest BCUT2D eigenvalue weighted by Crippen LogP contribution is 2.25. The van der Waals surface area contributed by atoms with Gasteiger partial charge in [-0.2, -0.15) is 0 Å². The fraction of sp³-hybridized carbons (Fsp3) is 0.278. The monoisotopic (exact) mass is 476 g/mol. The Balaban J connectivity index is 2.22. The Kier molecular flexibility index (Phi) is 6.90. The third kappa shape index (κ3) is 5.61. The second kappa shape index (κ2) is 8.74. The van der Waals surface area contributed by atoms with Gasteiger partial charge in [0.2, 0.25) is 0 Å². The van der Waals surface area contributed by atoms with Crippen molar-refractivity contribution in [3.8, 4) is 0 Å². The van der Waals surface area contributed by atoms with Gasteiger partial charge >= 0.3 is 0 Å². The predicted molar refractivity (Wildman–Crippen MR) is 103 cm³/mol. The molecule has 2 aromatic rings. The Morgan fingerprint density at radius 3 is 2.58 bits per heavy atom. The molecule has 1 amide bonds. The number of halogens is 3. The van der Waals surface area contributed by atoms with Gasteiger partial charge in [-0.05, 0) is 72.8 Å². The molecule has 26 heavy (non-hydrogen) atoms. The van der Waals surface area contributed by atoms with E-state index >= 15 is 0 Å². The van der Waals surface area contributed by atoms with Crippen molar-refractivity contribution in [3.63, 3.8) is 0 Å². The Morgan fingerprint density at radius 2 is 1.92 bits per heavy atom. The molecule has 0 aliphatic heterocycles. The number of amides is 1. The molecule has 0 unspecified atom stereocenters. The first-order valence-electron chi connectivity index (χ1n) is 7.83. The molecule has 0 aromatic heterocycles. The summed E-state index contributed by atoms with van der Waals surface area (Å²) >= 11 is 1.97. The average Bonchev–Trinajstić information content (AvgIpc) is 2.55. The fourth-order valence-electron chi connectivity index (χ4n) is 2.11. The standard InChI is InChI=1S/C18H19F2IN2O3/c1-18(2,7-8-24)26-23-17(25)13-5-3-11(19)9-16(13)22-15-6-4-12(21)10-14(15)20/h3-6,9-10,22,24H,7-8H2,1-2H3,(H,23,25). The van der Waals surface area contributed by atoms with E-state index in [0.29, 0.717) is 9.99 Å². The van der Waals surface area contributed by atoms with Crippen LogP contribution in [0.25, 0.3) is 0 Å². The van der Waals surface area contributed by atoms with E-state index in [1.54, 1.807) is 19.9 Å². The lowest BCUT2D eigenvalue weighted by Gasteiger charge is -2.24. The van der Waals surface area contributed by atoms with Crippen LogP contribution in [0, 0.1) is 15.2 Å². The van der Waals surface area contributed by atoms with Gasteiger partial charge in [0.1, 0.15) is 11.6 Å². The SMILES string of the molecule is CC(C)(CCO)ONC(=O)c1ccc(F)cc1Nc1ccc(I)cc1F. The van der Waals surface area contributed by atoms with Crippen LogP contribution in [0.1, 0.15) is 30.6 Å². The maximum Gasteiger partial charge on any atom is 0.276 e. The third-order valence-electron chi connectivity index (χ3n) is 3.56. The summed E-state index contributed by atoms with van der Waals surface area (Å²) < 4.78 is 28.4. The largest absolute Gasteiger partial charge is 0.396 e. The smallest absolute Gasteiger partial charge is 0.276 e. The van der Waals surface area contributed by atoms with Gasteiger partial charge in [0.05, 0.1) is 22.5 Å². The van der Waals surface area contributed by atoms with Crippen LogP contribution < -0.4 is 10.8 Å². The number of anilines is 2. The molecule has 0 heterocycles. The number of benzene rings is 2. The summed E-state index contributed by atoms with van der Waals surface area (Å²) in [5.74, 6) is -1.71. The van der Waals surface area contributed by atoms with Crippen LogP contribution >= 0.6 is 22.6 Å². The number of carbonyl (C=O) groups excluding carboxylic acids is 1. The Labute approximate surface area is 163 Å². The number of rotatable bonds is 7. The minimum absolute atomic E-state index is 0.0872. The van der Waals surface area contributed by atoms with Gasteiger partial charge in [0.15, 0.2) is 0 Å². The summed E-state index contributed by atoms with van der Waals surface area (Å²) in [7, 11) is 0. The lowest BCUT2D eigenvalue weighted by Crippen LogP contribution is -2.36. The Morgan fingerprint density at radius 1 is 1.19 bits per heavy atom. The highest BCUT2D eigenvalue weighted by Gasteiger charge is 2.21. The van der Waals surface area contributed by atoms with Crippen LogP contribution in [0.3, 0.4) is 0 Å². The van der Waals surface area contributed by atoms with E-state index in [4.69, 9.17) is 9.94 Å². The first kappa shape index (κ1) is 20.5. The van der Waals surface area contributed by atoms with Crippen LogP contribution in [0.5, 0.6) is 0 Å². The van der Waals surface area contributed by atoms with Crippen molar-refractivity contribution >= 4 is 39.9 Å². The highest BCUT2D eigenvalue weighted by atomic mass is 127. The molecule has 0 spiro atoms. The molecule has 2 rings (SSSR count). The number of hydrogen-bond donors (Lipinski definition) is 3. The van der Waals surface area contributed by atoms with Crippen LogP contribution in [0.2, 0.25) is 0 Å². The van der Waals surface area contributed by atoms with Crippen LogP contribution in [-0.2, 0) is 4.84 Å². The van der Waals surface area contributed by atoms with Crippen molar-refractivity contribution in [3.05, 3.63) is 57.2 Å². The van der Waals surface area contributed by atoms with Gasteiger partial charge in [0.25, 0.3) is 5.91 Å². The van der Waals surface area contributed by atoms with Gasteiger partial charge in [0, 0.05) is 16.6 Å². The quantitative estimate of drug-likeness (QED) is 0.415. The number of hydrogen-bond acceptors (Lipinski definition) is 4. The number of nitrogens with one attached hydrogen (secondary N) is 2. The number of aliphatic hydroxyl groups is 1. The molecule has 0 bridgehead atoms. The molecule has 8 heteroatoms. The second-order valence-electron chi connectivity index (χ2n) is 6.21. The van der Waals surface area contributed by atoms with E-state index in [-0.39, 0.29) is 23.5 Å². The lowest BCUT2D eigenvalue weighted by atomic mass is 10.1. The zero-order valence-electron chi connectivity index (χ0n) is 14.3. The normalized spacial score (nSPS) is 11.3. The number of hydroxylamine groups is 1. The van der Waals surface area contributed by atoms with Crippen LogP contribution in [0.4, 0.5) is 20.2 Å². The van der Waals surface area contributed by atoms with Crippen LogP contribution in [0.15, 0.2) is 36.4 Å². The van der Waals surface area contributed by atoms with Gasteiger partial charge < -0.3 is 10.4 Å². The maximum absolute atomic E-state index is 14.0. The summed E-state index contributed by atoms with van der Waals surface area (Å²) in [4.78, 5) is 17.7. The van der Waals surface area contributed by atoms with Gasteiger partial charge in [-0.15, -0.1) is 0 Å². The number of aliphatic hydroxyl groups excluding tert-OH is 1. The van der Waals surface area contributed by atoms with E-state index in [2.05, 4.69) is 10.8 Å². The third-order valence-corrected chi connectivity index (χ3v) is 4.23. The molecule has 0 radical (unpaired) electrons. The highest BCUT2D eigenvalue weighted by molar-refractivity contribution is 14.1. The molecule has 0 atom stereocenters. The minimum Gasteiger partial charge on any atom is -0.396 e. The van der Waals surface area contributed by atoms with E-state index < -0.39 is 23.1 Å². The second-order valence-corrected chi connectivity index (χ2v) is 7.45. The zero-order valence-corrected chi connectivity index (χ0v) is 16.4. The minimum atomic E-state index is -0.778. The van der Waals surface area contributed by atoms with E-state index in [9.17, 15) is 13.6 Å². The molecular weight excluding hydrogens is 457 g/mol. The first-order valence-corrected chi connectivity index (χ1v) is 8.90. The van der Waals surface area contributed by atoms with Crippen molar-refractivity contribution in [1.82, 2.24) is 5.48 Å². The molecule has 140 valence electrons. The lowest BCUT2D eigenvalue weighted by molar-refractivity contribution is -0.0805. The van der Waals surface area contributed by atoms with Crippen molar-refractivity contribution < 1.29 is 23.5 Å². The summed E-state index contributed by atoms with van der Waals surface area (Å²) in [6.45, 7) is 3.31. The number of carbonyl (C=O) groups is 1. The van der Waals surface area contributed by atoms with E-state index in [0.717, 1.165) is 12.1 Å². The maximum atomic E-state index is 14.0. The van der Waals surface area contributed by atoms with Gasteiger partial charge in [-0.25, -0.2) is 14.3 Å². The first-order chi connectivity index (χ1) is 12.2. The van der Waals surface area contributed by atoms with Crippen LogP contribution in [-0.4, -0.2) is 23.2 Å². The van der Waals surface area contributed by atoms with E-state index in [1.807, 2.05) is 22.6 Å². The molecule has 5 nitrogen and oxygen atoms in total. The van der Waals surface area contributed by atoms with Crippen molar-refractivity contribution in [2.75, 3.05) is 11.9 Å². The molecule has 0 saturated carbocycles. The van der Waals surface area contributed by atoms with Crippen molar-refractivity contribution in [1.29, 1.82) is 0 Å². The summed E-state index contributed by atoms with van der Waals surface area (Å²) in [6, 6.07) is 8.02. The fourth-order valence-corrected chi connectivity index (χ4v) is 2.57. The summed E-state index contributed by atoms with van der Waals surface area (Å²) in [6.07, 6.45) is 0.315. The predicted octanol–water partition coefficient (Wildman–Crippen LogP) is 4.14. The average molecular weight is 476 g/mol. The Bertz CT molecular complexity index is 800. The molecule has 0 fully saturated rings. The molecule has 0 saturated heterocycles. The van der Waals surface area contributed by atoms with Crippen molar-refractivity contribution in [2.24, 2.45) is 0 Å². The topological polar surface area (TPSA) is 70.6 Å². The zero-order chi connectivity index (χ0) is 19.3. The molecule has 3 N–H and O–H groups in total. The molecular formula is C18H19F2IN2O3.